The molecule has 9 atom stereocenters. The Balaban J connectivity index is 1.99. The Labute approximate surface area is 315 Å². The van der Waals surface area contributed by atoms with Gasteiger partial charge in [0, 0.05) is 50.6 Å². The van der Waals surface area contributed by atoms with E-state index in [-0.39, 0.29) is 29.2 Å². The minimum atomic E-state index is -2.48. The van der Waals surface area contributed by atoms with Crippen molar-refractivity contribution < 1.29 is 57.9 Å². The summed E-state index contributed by atoms with van der Waals surface area (Å²) in [5, 5.41) is 25.1. The first-order chi connectivity index (χ1) is 25.2. The van der Waals surface area contributed by atoms with Gasteiger partial charge in [-0.25, -0.2) is 9.59 Å². The SMILES string of the molecule is C=C1[C@H](OC(C)=O)C2[C@@H](OC(=O)c3ccccc3)[C@](C)(OC(C)=O)C[C@]2(O)C(=O)[C@@H](C)/C=C\C(C)(C)[C@H](OC(=O)c2cccnc2)[C@H](O)[C@H]1OCC(C)C. The van der Waals surface area contributed by atoms with Crippen LogP contribution in [-0.2, 0) is 38.1 Å². The van der Waals surface area contributed by atoms with E-state index in [2.05, 4.69) is 11.6 Å². The quantitative estimate of drug-likeness (QED) is 0.206. The predicted molar refractivity (Wildman–Crippen MR) is 195 cm³/mol. The van der Waals surface area contributed by atoms with Crippen molar-refractivity contribution in [1.82, 2.24) is 4.98 Å². The van der Waals surface area contributed by atoms with Gasteiger partial charge in [0.1, 0.15) is 35.6 Å². The lowest BCUT2D eigenvalue weighted by Crippen LogP contribution is -2.57. The molecular formula is C41H51NO12. The Kier molecular flexibility index (Phi) is 13.0. The minimum absolute atomic E-state index is 0.0373. The van der Waals surface area contributed by atoms with Crippen LogP contribution in [0.1, 0.15) is 82.5 Å². The number of aliphatic hydroxyl groups is 2. The Morgan fingerprint density at radius 2 is 1.52 bits per heavy atom. The van der Waals surface area contributed by atoms with Gasteiger partial charge >= 0.3 is 23.9 Å². The van der Waals surface area contributed by atoms with Gasteiger partial charge in [0.25, 0.3) is 0 Å². The lowest BCUT2D eigenvalue weighted by molar-refractivity contribution is -0.174. The molecule has 0 amide bonds. The summed E-state index contributed by atoms with van der Waals surface area (Å²) < 4.78 is 30.1. The van der Waals surface area contributed by atoms with E-state index in [1.165, 1.54) is 50.5 Å². The molecule has 0 saturated heterocycles. The molecule has 13 heteroatoms. The average Bonchev–Trinajstić information content (AvgIpc) is 3.32. The van der Waals surface area contributed by atoms with E-state index in [4.69, 9.17) is 23.7 Å². The summed E-state index contributed by atoms with van der Waals surface area (Å²) in [5.41, 5.74) is -5.44. The number of carbonyl (C=O) groups is 5. The summed E-state index contributed by atoms with van der Waals surface area (Å²) in [5.74, 6) is -6.93. The minimum Gasteiger partial charge on any atom is -0.457 e. The van der Waals surface area contributed by atoms with Gasteiger partial charge in [-0.1, -0.05) is 71.5 Å². The fourth-order valence-electron chi connectivity index (χ4n) is 7.32. The summed E-state index contributed by atoms with van der Waals surface area (Å²) in [4.78, 5) is 71.5. The molecule has 1 unspecified atom stereocenters. The number of nitrogens with zero attached hydrogens (tertiary/aromatic N) is 1. The summed E-state index contributed by atoms with van der Waals surface area (Å²) in [6.45, 7) is 16.5. The number of hydrogen-bond donors (Lipinski definition) is 2. The van der Waals surface area contributed by atoms with Crippen LogP contribution in [0.3, 0.4) is 0 Å². The van der Waals surface area contributed by atoms with Crippen LogP contribution in [0.15, 0.2) is 79.2 Å². The van der Waals surface area contributed by atoms with E-state index in [0.717, 1.165) is 13.8 Å². The summed E-state index contributed by atoms with van der Waals surface area (Å²) in [6, 6.07) is 11.0. The van der Waals surface area contributed by atoms with Crippen LogP contribution in [0, 0.1) is 23.2 Å². The lowest BCUT2D eigenvalue weighted by atomic mass is 9.72. The molecule has 13 nitrogen and oxygen atoms in total. The van der Waals surface area contributed by atoms with Gasteiger partial charge in [-0.15, -0.1) is 0 Å². The van der Waals surface area contributed by atoms with Crippen LogP contribution >= 0.6 is 0 Å². The molecule has 1 heterocycles. The molecule has 0 bridgehead atoms. The van der Waals surface area contributed by atoms with Crippen molar-refractivity contribution in [2.45, 2.75) is 104 Å². The van der Waals surface area contributed by atoms with Crippen LogP contribution < -0.4 is 0 Å². The number of aromatic nitrogens is 1. The highest BCUT2D eigenvalue weighted by atomic mass is 16.6. The van der Waals surface area contributed by atoms with Gasteiger partial charge in [-0.2, -0.15) is 0 Å². The number of allylic oxidation sites excluding steroid dienone is 1. The molecular weight excluding hydrogens is 698 g/mol. The number of ketones is 1. The average molecular weight is 750 g/mol. The van der Waals surface area contributed by atoms with E-state index in [1.54, 1.807) is 44.2 Å². The normalized spacial score (nSPS) is 31.6. The number of ether oxygens (including phenoxy) is 5. The third-order valence-electron chi connectivity index (χ3n) is 9.82. The van der Waals surface area contributed by atoms with Crippen LogP contribution in [0.25, 0.3) is 0 Å². The van der Waals surface area contributed by atoms with Crippen molar-refractivity contribution in [3.63, 3.8) is 0 Å². The van der Waals surface area contributed by atoms with E-state index in [1.807, 2.05) is 13.8 Å². The Morgan fingerprint density at radius 3 is 2.09 bits per heavy atom. The van der Waals surface area contributed by atoms with Crippen LogP contribution in [0.2, 0.25) is 0 Å². The lowest BCUT2D eigenvalue weighted by Gasteiger charge is -2.43. The Hall–Kier alpha value is -4.72. The largest absolute Gasteiger partial charge is 0.457 e. The summed E-state index contributed by atoms with van der Waals surface area (Å²) >= 11 is 0. The number of fused-ring (bicyclic) bond motifs is 1. The van der Waals surface area contributed by atoms with Crippen molar-refractivity contribution in [2.24, 2.45) is 23.2 Å². The number of esters is 4. The van der Waals surface area contributed by atoms with Gasteiger partial charge in [-0.3, -0.25) is 19.4 Å². The van der Waals surface area contributed by atoms with Crippen molar-refractivity contribution in [2.75, 3.05) is 6.61 Å². The molecule has 0 aliphatic heterocycles. The molecule has 1 aromatic heterocycles. The molecule has 4 rings (SSSR count). The summed E-state index contributed by atoms with van der Waals surface area (Å²) in [6.07, 6.45) is -2.52. The second kappa shape index (κ2) is 16.7. The standard InChI is InChI=1S/C41H51NO12/c1-23(2)21-50-33-25(4)32(51-26(5)43)30-35(52-37(47)28-14-11-10-12-15-28)40(9,54-27(6)44)22-41(30,49)34(46)24(3)17-18-39(7,8)36(31(33)45)53-38(48)29-16-13-19-42-20-29/h10-20,23-24,30-33,35-36,45,49H,4,21-22H2,1-3,5-9H3/b18-17-/t24-,30?,31+,32-,33-,35+,36+,40+,41+/m0/s1. The number of aliphatic hydroxyl groups excluding tert-OH is 1. The molecule has 0 spiro atoms. The predicted octanol–water partition coefficient (Wildman–Crippen LogP) is 4.60. The van der Waals surface area contributed by atoms with Crippen molar-refractivity contribution in [3.8, 4) is 0 Å². The maximum Gasteiger partial charge on any atom is 0.340 e. The van der Waals surface area contributed by atoms with Gasteiger partial charge < -0.3 is 33.9 Å². The van der Waals surface area contributed by atoms with E-state index >= 15 is 0 Å². The number of rotatable bonds is 9. The van der Waals surface area contributed by atoms with Gasteiger partial charge in [0.15, 0.2) is 11.9 Å². The van der Waals surface area contributed by atoms with Gasteiger partial charge in [0.2, 0.25) is 0 Å². The monoisotopic (exact) mass is 749 g/mol. The number of pyridine rings is 1. The van der Waals surface area contributed by atoms with E-state index in [0.29, 0.717) is 0 Å². The number of carbonyl (C=O) groups excluding carboxylic acids is 5. The Bertz CT molecular complexity index is 1740. The molecule has 292 valence electrons. The fraction of sp³-hybridized carbons (Fsp3) is 0.512. The van der Waals surface area contributed by atoms with Crippen molar-refractivity contribution >= 4 is 29.7 Å². The van der Waals surface area contributed by atoms with Gasteiger partial charge in [-0.05, 0) is 42.7 Å². The second-order valence-corrected chi connectivity index (χ2v) is 15.4. The third-order valence-corrected chi connectivity index (χ3v) is 9.82. The molecule has 0 radical (unpaired) electrons. The zero-order valence-corrected chi connectivity index (χ0v) is 32.0. The molecule has 2 N–H and O–H groups in total. The molecule has 1 aromatic carbocycles. The molecule has 2 aliphatic carbocycles. The zero-order valence-electron chi connectivity index (χ0n) is 32.0. The molecule has 2 aromatic rings. The van der Waals surface area contributed by atoms with Crippen LogP contribution in [-0.4, -0.2) is 93.2 Å². The first-order valence-electron chi connectivity index (χ1n) is 17.9. The first-order valence-corrected chi connectivity index (χ1v) is 17.9. The third kappa shape index (κ3) is 9.14. The van der Waals surface area contributed by atoms with Crippen molar-refractivity contribution in [1.29, 1.82) is 0 Å². The molecule has 1 saturated carbocycles. The van der Waals surface area contributed by atoms with Gasteiger partial charge in [0.05, 0.1) is 17.0 Å². The first kappa shape index (κ1) is 42.0. The van der Waals surface area contributed by atoms with Crippen LogP contribution in [0.4, 0.5) is 0 Å². The van der Waals surface area contributed by atoms with Crippen LogP contribution in [0.5, 0.6) is 0 Å². The van der Waals surface area contributed by atoms with Crippen molar-refractivity contribution in [3.05, 3.63) is 90.3 Å². The highest BCUT2D eigenvalue weighted by Gasteiger charge is 2.69. The maximum atomic E-state index is 14.7. The number of hydrogen-bond acceptors (Lipinski definition) is 13. The highest BCUT2D eigenvalue weighted by Crippen LogP contribution is 2.52. The fourth-order valence-corrected chi connectivity index (χ4v) is 7.32. The van der Waals surface area contributed by atoms with E-state index in [9.17, 15) is 34.2 Å². The topological polar surface area (TPSA) is 185 Å². The zero-order chi connectivity index (χ0) is 40.2. The number of Topliss-reactive ketones (excluding diaryl/α,β-unsaturated/α-hetero) is 1. The Morgan fingerprint density at radius 1 is 0.907 bits per heavy atom. The maximum absolute atomic E-state index is 14.7. The smallest absolute Gasteiger partial charge is 0.340 e. The highest BCUT2D eigenvalue weighted by molar-refractivity contribution is 5.93. The summed E-state index contributed by atoms with van der Waals surface area (Å²) in [7, 11) is 0. The molecule has 1 fully saturated rings. The second-order valence-electron chi connectivity index (χ2n) is 15.4. The number of benzene rings is 1. The molecule has 2 aliphatic rings. The van der Waals surface area contributed by atoms with E-state index < -0.39 is 95.1 Å². The molecule has 54 heavy (non-hydrogen) atoms.